The van der Waals surface area contributed by atoms with Crippen LogP contribution >= 0.6 is 15.9 Å². The molecule has 4 nitrogen and oxygen atoms in total. The third-order valence-electron chi connectivity index (χ3n) is 1.20. The van der Waals surface area contributed by atoms with E-state index in [9.17, 15) is 0 Å². The number of hydrogen-bond donors (Lipinski definition) is 0. The van der Waals surface area contributed by atoms with Gasteiger partial charge in [0.1, 0.15) is 0 Å². The molecule has 56 valence electrons. The van der Waals surface area contributed by atoms with Gasteiger partial charge < -0.3 is 4.42 Å². The average molecular weight is 214 g/mol. The lowest BCUT2D eigenvalue weighted by atomic mass is 10.7. The molecule has 0 atom stereocenters. The summed E-state index contributed by atoms with van der Waals surface area (Å²) in [7, 11) is 0. The fraction of sp³-hybridized carbons (Fsp3) is 0. The molecular formula is C6H4BrN3O. The Morgan fingerprint density at radius 2 is 2.36 bits per heavy atom. The van der Waals surface area contributed by atoms with Crippen molar-refractivity contribution in [3.8, 4) is 5.88 Å². The highest BCUT2D eigenvalue weighted by Crippen LogP contribution is 2.10. The van der Waals surface area contributed by atoms with Crippen LogP contribution in [0.1, 0.15) is 0 Å². The molecule has 0 bridgehead atoms. The van der Waals surface area contributed by atoms with E-state index in [1.807, 2.05) is 0 Å². The van der Waals surface area contributed by atoms with E-state index < -0.39 is 0 Å². The monoisotopic (exact) mass is 213 g/mol. The van der Waals surface area contributed by atoms with Gasteiger partial charge in [-0.3, -0.25) is 0 Å². The maximum Gasteiger partial charge on any atom is 0.240 e. The molecule has 2 heterocycles. The number of oxazole rings is 1. The first-order valence-electron chi connectivity index (χ1n) is 2.95. The Morgan fingerprint density at radius 1 is 1.45 bits per heavy atom. The minimum Gasteiger partial charge on any atom is -0.426 e. The standard InChI is InChI=1S/C6H4BrN3O/c7-5-1-9-10(3-5)6-2-8-4-11-6/h1-4H. The molecule has 0 N–H and O–H groups in total. The van der Waals surface area contributed by atoms with Gasteiger partial charge in [-0.15, -0.1) is 0 Å². The number of rotatable bonds is 1. The van der Waals surface area contributed by atoms with Crippen molar-refractivity contribution in [2.75, 3.05) is 0 Å². The van der Waals surface area contributed by atoms with Crippen molar-refractivity contribution in [2.45, 2.75) is 0 Å². The second kappa shape index (κ2) is 2.50. The van der Waals surface area contributed by atoms with Gasteiger partial charge in [0.15, 0.2) is 6.39 Å². The maximum absolute atomic E-state index is 5.00. The van der Waals surface area contributed by atoms with Crippen LogP contribution in [0.2, 0.25) is 0 Å². The van der Waals surface area contributed by atoms with Gasteiger partial charge in [0.2, 0.25) is 5.88 Å². The molecular weight excluding hydrogens is 210 g/mol. The molecule has 0 saturated carbocycles. The van der Waals surface area contributed by atoms with Crippen molar-refractivity contribution < 1.29 is 4.42 Å². The van der Waals surface area contributed by atoms with E-state index in [1.54, 1.807) is 23.3 Å². The topological polar surface area (TPSA) is 43.9 Å². The quantitative estimate of drug-likeness (QED) is 0.724. The molecule has 2 rings (SSSR count). The first kappa shape index (κ1) is 6.60. The van der Waals surface area contributed by atoms with Crippen LogP contribution in [0.15, 0.2) is 33.9 Å². The number of hydrogen-bond acceptors (Lipinski definition) is 3. The van der Waals surface area contributed by atoms with Crippen molar-refractivity contribution in [2.24, 2.45) is 0 Å². The minimum atomic E-state index is 0.607. The summed E-state index contributed by atoms with van der Waals surface area (Å²) < 4.78 is 7.51. The van der Waals surface area contributed by atoms with Gasteiger partial charge in [0, 0.05) is 6.20 Å². The van der Waals surface area contributed by atoms with Crippen LogP contribution < -0.4 is 0 Å². The molecule has 0 aliphatic heterocycles. The van der Waals surface area contributed by atoms with Gasteiger partial charge in [-0.2, -0.15) is 5.10 Å². The van der Waals surface area contributed by atoms with Gasteiger partial charge in [-0.1, -0.05) is 0 Å². The predicted molar refractivity (Wildman–Crippen MR) is 41.3 cm³/mol. The minimum absolute atomic E-state index is 0.607. The molecule has 0 amide bonds. The zero-order valence-corrected chi connectivity index (χ0v) is 7.02. The summed E-state index contributed by atoms with van der Waals surface area (Å²) in [6, 6.07) is 0. The van der Waals surface area contributed by atoms with E-state index in [2.05, 4.69) is 26.0 Å². The predicted octanol–water partition coefficient (Wildman–Crippen LogP) is 1.62. The third kappa shape index (κ3) is 1.19. The van der Waals surface area contributed by atoms with Crippen LogP contribution in [0.3, 0.4) is 0 Å². The SMILES string of the molecule is Brc1cnn(-c2cnco2)c1. The lowest BCUT2D eigenvalue weighted by molar-refractivity contribution is 0.516. The van der Waals surface area contributed by atoms with Gasteiger partial charge in [0.25, 0.3) is 0 Å². The van der Waals surface area contributed by atoms with Crippen LogP contribution in [0, 0.1) is 0 Å². The summed E-state index contributed by atoms with van der Waals surface area (Å²) in [5, 5.41) is 3.99. The van der Waals surface area contributed by atoms with Crippen LogP contribution in [0.25, 0.3) is 5.88 Å². The maximum atomic E-state index is 5.00. The number of nitrogens with zero attached hydrogens (tertiary/aromatic N) is 3. The van der Waals surface area contributed by atoms with E-state index in [0.29, 0.717) is 5.88 Å². The van der Waals surface area contributed by atoms with Crippen molar-refractivity contribution in [1.82, 2.24) is 14.8 Å². The van der Waals surface area contributed by atoms with Crippen LogP contribution in [0.4, 0.5) is 0 Å². The first-order valence-corrected chi connectivity index (χ1v) is 3.74. The summed E-state index contributed by atoms with van der Waals surface area (Å²) in [6.07, 6.45) is 6.44. The lowest BCUT2D eigenvalue weighted by Gasteiger charge is -1.89. The highest BCUT2D eigenvalue weighted by atomic mass is 79.9. The largest absolute Gasteiger partial charge is 0.426 e. The lowest BCUT2D eigenvalue weighted by Crippen LogP contribution is -1.90. The zero-order chi connectivity index (χ0) is 7.68. The number of aromatic nitrogens is 3. The van der Waals surface area contributed by atoms with Crippen LogP contribution in [-0.2, 0) is 0 Å². The fourth-order valence-electron chi connectivity index (χ4n) is 0.744. The Kier molecular flexibility index (Phi) is 1.50. The summed E-state index contributed by atoms with van der Waals surface area (Å²) in [5.74, 6) is 0.607. The van der Waals surface area contributed by atoms with Crippen LogP contribution in [0.5, 0.6) is 0 Å². The molecule has 2 aromatic rings. The molecule has 0 radical (unpaired) electrons. The average Bonchev–Trinajstić information content (AvgIpc) is 2.55. The first-order chi connectivity index (χ1) is 5.36. The molecule has 0 aliphatic rings. The van der Waals surface area contributed by atoms with Gasteiger partial charge >= 0.3 is 0 Å². The Hall–Kier alpha value is -1.10. The Balaban J connectivity index is 2.45. The summed E-state index contributed by atoms with van der Waals surface area (Å²) in [4.78, 5) is 3.77. The Labute approximate surface area is 71.0 Å². The Bertz CT molecular complexity index is 340. The van der Waals surface area contributed by atoms with E-state index in [-0.39, 0.29) is 0 Å². The van der Waals surface area contributed by atoms with Crippen molar-refractivity contribution in [3.05, 3.63) is 29.5 Å². The third-order valence-corrected chi connectivity index (χ3v) is 1.61. The van der Waals surface area contributed by atoms with Crippen molar-refractivity contribution in [3.63, 3.8) is 0 Å². The smallest absolute Gasteiger partial charge is 0.240 e. The number of halogens is 1. The molecule has 2 aromatic heterocycles. The summed E-state index contributed by atoms with van der Waals surface area (Å²) in [5.41, 5.74) is 0. The molecule has 0 fully saturated rings. The molecule has 5 heteroatoms. The second-order valence-electron chi connectivity index (χ2n) is 1.94. The highest BCUT2D eigenvalue weighted by Gasteiger charge is 1.99. The highest BCUT2D eigenvalue weighted by molar-refractivity contribution is 9.10. The van der Waals surface area contributed by atoms with Gasteiger partial charge in [0.05, 0.1) is 16.9 Å². The van der Waals surface area contributed by atoms with Gasteiger partial charge in [-0.25, -0.2) is 9.67 Å². The summed E-state index contributed by atoms with van der Waals surface area (Å²) >= 11 is 3.27. The van der Waals surface area contributed by atoms with Crippen molar-refractivity contribution >= 4 is 15.9 Å². The molecule has 0 aliphatic carbocycles. The Morgan fingerprint density at radius 3 is 2.91 bits per heavy atom. The van der Waals surface area contributed by atoms with E-state index in [1.165, 1.54) is 6.39 Å². The van der Waals surface area contributed by atoms with E-state index in [0.717, 1.165) is 4.47 Å². The molecule has 0 unspecified atom stereocenters. The molecule has 0 aromatic carbocycles. The van der Waals surface area contributed by atoms with Crippen LogP contribution in [-0.4, -0.2) is 14.8 Å². The van der Waals surface area contributed by atoms with E-state index in [4.69, 9.17) is 4.42 Å². The second-order valence-corrected chi connectivity index (χ2v) is 2.86. The molecule has 0 saturated heterocycles. The molecule has 0 spiro atoms. The normalized spacial score (nSPS) is 10.3. The fourth-order valence-corrected chi connectivity index (χ4v) is 1.03. The molecule has 11 heavy (non-hydrogen) atoms. The van der Waals surface area contributed by atoms with Gasteiger partial charge in [-0.05, 0) is 15.9 Å². The van der Waals surface area contributed by atoms with Crippen molar-refractivity contribution in [1.29, 1.82) is 0 Å². The zero-order valence-electron chi connectivity index (χ0n) is 5.44. The van der Waals surface area contributed by atoms with E-state index >= 15 is 0 Å². The summed E-state index contributed by atoms with van der Waals surface area (Å²) in [6.45, 7) is 0.